The Hall–Kier alpha value is -1.43. The van der Waals surface area contributed by atoms with Gasteiger partial charge in [0.15, 0.2) is 5.13 Å². The molecule has 0 unspecified atom stereocenters. The van der Waals surface area contributed by atoms with Crippen LogP contribution in [-0.4, -0.2) is 23.5 Å². The maximum atomic E-state index is 11.9. The van der Waals surface area contributed by atoms with E-state index in [1.165, 1.54) is 0 Å². The van der Waals surface area contributed by atoms with Crippen LogP contribution in [0, 0.1) is 18.8 Å². The van der Waals surface area contributed by atoms with Gasteiger partial charge in [0.2, 0.25) is 5.91 Å². The summed E-state index contributed by atoms with van der Waals surface area (Å²) in [5.41, 5.74) is 0.587. The van der Waals surface area contributed by atoms with Gasteiger partial charge < -0.3 is 10.1 Å². The van der Waals surface area contributed by atoms with E-state index in [1.807, 2.05) is 27.7 Å². The lowest BCUT2D eigenvalue weighted by Crippen LogP contribution is -2.13. The van der Waals surface area contributed by atoms with E-state index in [9.17, 15) is 9.59 Å². The van der Waals surface area contributed by atoms with Crippen LogP contribution < -0.4 is 5.32 Å². The molecule has 1 aromatic heterocycles. The first-order chi connectivity index (χ1) is 9.29. The summed E-state index contributed by atoms with van der Waals surface area (Å²) < 4.78 is 5.17. The third kappa shape index (κ3) is 5.28. The minimum atomic E-state index is -0.377. The van der Waals surface area contributed by atoms with Crippen molar-refractivity contribution in [3.05, 3.63) is 10.6 Å². The highest BCUT2D eigenvalue weighted by molar-refractivity contribution is 7.17. The van der Waals surface area contributed by atoms with Crippen LogP contribution in [0.25, 0.3) is 0 Å². The summed E-state index contributed by atoms with van der Waals surface area (Å²) >= 11 is 1.16. The maximum Gasteiger partial charge on any atom is 0.350 e. The van der Waals surface area contributed by atoms with E-state index in [4.69, 9.17) is 4.74 Å². The largest absolute Gasteiger partial charge is 0.461 e. The molecule has 0 radical (unpaired) electrons. The summed E-state index contributed by atoms with van der Waals surface area (Å²) in [4.78, 5) is 28.2. The van der Waals surface area contributed by atoms with E-state index in [0.717, 1.165) is 11.3 Å². The van der Waals surface area contributed by atoms with E-state index < -0.39 is 0 Å². The number of carbonyl (C=O) groups is 2. The zero-order valence-electron chi connectivity index (χ0n) is 12.6. The fourth-order valence-electron chi connectivity index (χ4n) is 1.49. The van der Waals surface area contributed by atoms with Gasteiger partial charge in [-0.3, -0.25) is 4.79 Å². The topological polar surface area (TPSA) is 68.3 Å². The number of aromatic nitrogens is 1. The monoisotopic (exact) mass is 298 g/mol. The van der Waals surface area contributed by atoms with Crippen LogP contribution in [-0.2, 0) is 9.53 Å². The number of nitrogens with one attached hydrogen (secondary N) is 1. The highest BCUT2D eigenvalue weighted by atomic mass is 32.1. The summed E-state index contributed by atoms with van der Waals surface area (Å²) in [6.45, 7) is 10.0. The van der Waals surface area contributed by atoms with Crippen LogP contribution in [0.2, 0.25) is 0 Å². The molecule has 0 aliphatic rings. The molecule has 0 aliphatic carbocycles. The van der Waals surface area contributed by atoms with Gasteiger partial charge in [-0.2, -0.15) is 0 Å². The molecule has 20 heavy (non-hydrogen) atoms. The predicted octanol–water partition coefficient (Wildman–Crippen LogP) is 3.25. The van der Waals surface area contributed by atoms with Crippen molar-refractivity contribution in [1.29, 1.82) is 0 Å². The van der Waals surface area contributed by atoms with Crippen LogP contribution in [0.4, 0.5) is 5.13 Å². The molecule has 5 nitrogen and oxygen atoms in total. The number of amides is 1. The van der Waals surface area contributed by atoms with Gasteiger partial charge in [-0.15, -0.1) is 0 Å². The highest BCUT2D eigenvalue weighted by Gasteiger charge is 2.18. The van der Waals surface area contributed by atoms with Gasteiger partial charge in [-0.1, -0.05) is 39.0 Å². The third-order valence-corrected chi connectivity index (χ3v) is 3.42. The predicted molar refractivity (Wildman–Crippen MR) is 80.1 cm³/mol. The number of hydrogen-bond donors (Lipinski definition) is 1. The van der Waals surface area contributed by atoms with Crippen LogP contribution in [0.3, 0.4) is 0 Å². The summed E-state index contributed by atoms with van der Waals surface area (Å²) in [5.74, 6) is 0.109. The highest BCUT2D eigenvalue weighted by Crippen LogP contribution is 2.24. The number of aryl methyl sites for hydroxylation is 1. The number of thiazole rings is 1. The lowest BCUT2D eigenvalue weighted by Gasteiger charge is -2.05. The van der Waals surface area contributed by atoms with Gasteiger partial charge in [0, 0.05) is 6.42 Å². The van der Waals surface area contributed by atoms with E-state index in [0.29, 0.717) is 28.7 Å². The minimum absolute atomic E-state index is 0.0872. The molecule has 0 bridgehead atoms. The third-order valence-electron chi connectivity index (χ3n) is 2.37. The summed E-state index contributed by atoms with van der Waals surface area (Å²) in [7, 11) is 0. The molecular weight excluding hydrogens is 276 g/mol. The van der Waals surface area contributed by atoms with Crippen LogP contribution in [0.1, 0.15) is 49.5 Å². The first-order valence-corrected chi connectivity index (χ1v) is 7.55. The van der Waals surface area contributed by atoms with Gasteiger partial charge in [0.05, 0.1) is 12.3 Å². The Morgan fingerprint density at radius 1 is 1.25 bits per heavy atom. The second-order valence-corrected chi connectivity index (χ2v) is 6.57. The normalized spacial score (nSPS) is 10.9. The SMILES string of the molecule is Cc1nc(NC(=O)CC(C)C)sc1C(=O)OCC(C)C. The number of rotatable bonds is 6. The smallest absolute Gasteiger partial charge is 0.350 e. The van der Waals surface area contributed by atoms with E-state index in [2.05, 4.69) is 10.3 Å². The van der Waals surface area contributed by atoms with Crippen molar-refractivity contribution >= 4 is 28.3 Å². The van der Waals surface area contributed by atoms with Crippen molar-refractivity contribution < 1.29 is 14.3 Å². The zero-order chi connectivity index (χ0) is 15.3. The molecule has 0 aliphatic heterocycles. The summed E-state index contributed by atoms with van der Waals surface area (Å²) in [6.07, 6.45) is 0.436. The Bertz CT molecular complexity index is 481. The van der Waals surface area contributed by atoms with Crippen molar-refractivity contribution in [2.45, 2.75) is 41.0 Å². The van der Waals surface area contributed by atoms with Gasteiger partial charge >= 0.3 is 5.97 Å². The van der Waals surface area contributed by atoms with Crippen molar-refractivity contribution in [2.24, 2.45) is 11.8 Å². The molecule has 0 saturated carbocycles. The van der Waals surface area contributed by atoms with Crippen molar-refractivity contribution in [3.8, 4) is 0 Å². The second-order valence-electron chi connectivity index (χ2n) is 5.57. The van der Waals surface area contributed by atoms with Gasteiger partial charge in [-0.25, -0.2) is 9.78 Å². The van der Waals surface area contributed by atoms with Crippen LogP contribution in [0.5, 0.6) is 0 Å². The molecule has 0 atom stereocenters. The Kier molecular flexibility index (Phi) is 6.13. The molecule has 1 amide bonds. The van der Waals surface area contributed by atoms with Crippen molar-refractivity contribution in [1.82, 2.24) is 4.98 Å². The lowest BCUT2D eigenvalue weighted by molar-refractivity contribution is -0.116. The van der Waals surface area contributed by atoms with Crippen LogP contribution in [0.15, 0.2) is 0 Å². The standard InChI is InChI=1S/C14H22N2O3S/c1-8(2)6-11(17)16-14-15-10(5)12(20-14)13(18)19-7-9(3)4/h8-9H,6-7H2,1-5H3,(H,15,16,17). The molecule has 1 rings (SSSR count). The average Bonchev–Trinajstić information content (AvgIpc) is 2.65. The van der Waals surface area contributed by atoms with Crippen molar-refractivity contribution in [3.63, 3.8) is 0 Å². The van der Waals surface area contributed by atoms with Gasteiger partial charge in [-0.05, 0) is 18.8 Å². The molecule has 1 heterocycles. The Morgan fingerprint density at radius 3 is 2.45 bits per heavy atom. The Morgan fingerprint density at radius 2 is 1.90 bits per heavy atom. The average molecular weight is 298 g/mol. The fourth-order valence-corrected chi connectivity index (χ4v) is 2.36. The number of hydrogen-bond acceptors (Lipinski definition) is 5. The van der Waals surface area contributed by atoms with E-state index in [1.54, 1.807) is 6.92 Å². The maximum absolute atomic E-state index is 11.9. The van der Waals surface area contributed by atoms with Crippen LogP contribution >= 0.6 is 11.3 Å². The quantitative estimate of drug-likeness (QED) is 0.819. The van der Waals surface area contributed by atoms with E-state index in [-0.39, 0.29) is 23.7 Å². The summed E-state index contributed by atoms with van der Waals surface area (Å²) in [6, 6.07) is 0. The van der Waals surface area contributed by atoms with Gasteiger partial charge in [0.25, 0.3) is 0 Å². The molecule has 1 aromatic rings. The molecule has 112 valence electrons. The van der Waals surface area contributed by atoms with Crippen molar-refractivity contribution in [2.75, 3.05) is 11.9 Å². The molecule has 0 spiro atoms. The number of esters is 1. The Labute approximate surface area is 123 Å². The molecule has 6 heteroatoms. The minimum Gasteiger partial charge on any atom is -0.461 e. The Balaban J connectivity index is 2.67. The number of anilines is 1. The zero-order valence-corrected chi connectivity index (χ0v) is 13.5. The fraction of sp³-hybridized carbons (Fsp3) is 0.643. The lowest BCUT2D eigenvalue weighted by atomic mass is 10.1. The number of ether oxygens (including phenoxy) is 1. The van der Waals surface area contributed by atoms with E-state index >= 15 is 0 Å². The molecule has 0 saturated heterocycles. The summed E-state index contributed by atoms with van der Waals surface area (Å²) in [5, 5.41) is 3.16. The number of nitrogens with zero attached hydrogens (tertiary/aromatic N) is 1. The molecule has 0 fully saturated rings. The number of carbonyl (C=O) groups excluding carboxylic acids is 2. The first-order valence-electron chi connectivity index (χ1n) is 6.74. The van der Waals surface area contributed by atoms with Gasteiger partial charge in [0.1, 0.15) is 4.88 Å². The molecule has 1 N–H and O–H groups in total. The second kappa shape index (κ2) is 7.38. The molecule has 0 aromatic carbocycles. The first kappa shape index (κ1) is 16.6. The molecular formula is C14H22N2O3S.